The number of ether oxygens (including phenoxy) is 1. The Hall–Kier alpha value is -0.230. The van der Waals surface area contributed by atoms with Gasteiger partial charge < -0.3 is 4.74 Å². The third kappa shape index (κ3) is 4.16. The Morgan fingerprint density at radius 2 is 1.39 bits per heavy atom. The number of rotatable bonds is 5. The molecule has 18 heavy (non-hydrogen) atoms. The minimum absolute atomic E-state index is 1.01. The summed E-state index contributed by atoms with van der Waals surface area (Å²) >= 11 is -1.46. The molecular weight excluding hydrogens is 294 g/mol. The summed E-state index contributed by atoms with van der Waals surface area (Å²) in [6, 6.07) is 0. The molecule has 1 N–H and O–H groups in total. The van der Waals surface area contributed by atoms with Gasteiger partial charge in [-0.2, -0.15) is 22.0 Å². The van der Waals surface area contributed by atoms with Crippen molar-refractivity contribution in [2.75, 3.05) is 0 Å². The molecule has 0 aromatic rings. The van der Waals surface area contributed by atoms with Crippen LogP contribution in [0, 0.1) is 0 Å². The first-order chi connectivity index (χ1) is 7.77. The van der Waals surface area contributed by atoms with E-state index in [0.717, 1.165) is 20.8 Å². The molecule has 0 radical (unpaired) electrons. The summed E-state index contributed by atoms with van der Waals surface area (Å²) < 4.78 is 83.8. The van der Waals surface area contributed by atoms with Gasteiger partial charge >= 0.3 is 17.3 Å². The lowest BCUT2D eigenvalue weighted by Crippen LogP contribution is -2.56. The normalized spacial score (nSPS) is 17.7. The van der Waals surface area contributed by atoms with Gasteiger partial charge in [0.25, 0.3) is 0 Å². The van der Waals surface area contributed by atoms with Gasteiger partial charge in [0.15, 0.2) is 0 Å². The first kappa shape index (κ1) is 17.8. The highest BCUT2D eigenvalue weighted by molar-refractivity contribution is 7.95. The van der Waals surface area contributed by atoms with E-state index in [0.29, 0.717) is 0 Å². The first-order valence-corrected chi connectivity index (χ1v) is 5.00. The Kier molecular flexibility index (Phi) is 5.34. The van der Waals surface area contributed by atoms with Crippen molar-refractivity contribution >= 4 is 12.0 Å². The van der Waals surface area contributed by atoms with Crippen molar-refractivity contribution in [3.05, 3.63) is 0 Å². The number of halogens is 6. The van der Waals surface area contributed by atoms with Gasteiger partial charge in [-0.25, -0.2) is 9.65 Å². The lowest BCUT2D eigenvalue weighted by atomic mass is 10.2. The van der Waals surface area contributed by atoms with Crippen molar-refractivity contribution in [3.63, 3.8) is 0 Å². The van der Waals surface area contributed by atoms with Crippen molar-refractivity contribution in [1.82, 2.24) is 0 Å². The second kappa shape index (κ2) is 5.41. The molecule has 0 aromatic heterocycles. The van der Waals surface area contributed by atoms with E-state index in [2.05, 4.69) is 14.1 Å². The van der Waals surface area contributed by atoms with Crippen molar-refractivity contribution in [2.24, 2.45) is 0 Å². The largest absolute Gasteiger partial charge is 0.443 e. The van der Waals surface area contributed by atoms with Crippen molar-refractivity contribution < 1.29 is 45.7 Å². The van der Waals surface area contributed by atoms with Gasteiger partial charge in [0.2, 0.25) is 0 Å². The lowest BCUT2D eigenvalue weighted by molar-refractivity contribution is -0.437. The zero-order valence-electron chi connectivity index (χ0n) is 9.35. The molecule has 0 saturated heterocycles. The highest BCUT2D eigenvalue weighted by Crippen LogP contribution is 2.54. The Labute approximate surface area is 102 Å². The monoisotopic (exact) mass is 304 g/mol. The summed E-state index contributed by atoms with van der Waals surface area (Å²) in [5, 5.41) is 5.07. The molecule has 0 heterocycles. The van der Waals surface area contributed by atoms with Gasteiger partial charge in [0, 0.05) is 0 Å². The van der Waals surface area contributed by atoms with Crippen LogP contribution in [0.25, 0.3) is 0 Å². The topological polar surface area (TPSA) is 47.9 Å². The van der Waals surface area contributed by atoms with Crippen LogP contribution in [0.15, 0.2) is 0 Å². The van der Waals surface area contributed by atoms with Crippen molar-refractivity contribution in [3.8, 4) is 0 Å². The summed E-state index contributed by atoms with van der Waals surface area (Å²) in [5.41, 5.74) is -1.76. The molecule has 0 aliphatic carbocycles. The molecule has 4 nitrogen and oxygen atoms in total. The highest BCUT2D eigenvalue weighted by atomic mass is 32.2. The third-order valence-electron chi connectivity index (χ3n) is 1.35. The SMILES string of the molecule is CC(C)(C)OC(F)(F)C(F)(SOOO)C(F)(F)F. The predicted molar refractivity (Wildman–Crippen MR) is 48.1 cm³/mol. The summed E-state index contributed by atoms with van der Waals surface area (Å²) in [6.45, 7) is 3.02. The van der Waals surface area contributed by atoms with E-state index in [4.69, 9.17) is 5.26 Å². The van der Waals surface area contributed by atoms with E-state index < -0.39 is 34.9 Å². The molecule has 0 saturated carbocycles. The fourth-order valence-corrected chi connectivity index (χ4v) is 1.13. The number of hydrogen-bond donors (Lipinski definition) is 1. The molecule has 11 heteroatoms. The molecule has 1 unspecified atom stereocenters. The standard InChI is InChI=1S/C7H10F6O4S/c1-4(2,3)15-7(12,13)5(8,6(9,10)11)18-17-16-14/h14H,1-3H3. The zero-order valence-corrected chi connectivity index (χ0v) is 10.2. The molecular formula is C7H10F6O4S. The Bertz CT molecular complexity index is 278. The van der Waals surface area contributed by atoms with E-state index >= 15 is 0 Å². The number of hydrogen-bond acceptors (Lipinski definition) is 5. The summed E-state index contributed by atoms with van der Waals surface area (Å²) in [6.07, 6.45) is -11.3. The van der Waals surface area contributed by atoms with Gasteiger partial charge in [-0.05, 0) is 20.8 Å². The molecule has 110 valence electrons. The van der Waals surface area contributed by atoms with Crippen LogP contribution < -0.4 is 0 Å². The molecule has 0 aromatic carbocycles. The molecule has 0 fully saturated rings. The van der Waals surface area contributed by atoms with Crippen LogP contribution in [0.3, 0.4) is 0 Å². The average molecular weight is 304 g/mol. The highest BCUT2D eigenvalue weighted by Gasteiger charge is 2.75. The molecule has 0 rings (SSSR count). The van der Waals surface area contributed by atoms with Crippen LogP contribution in [0.1, 0.15) is 20.8 Å². The van der Waals surface area contributed by atoms with E-state index in [9.17, 15) is 26.3 Å². The van der Waals surface area contributed by atoms with E-state index in [1.54, 1.807) is 0 Å². The van der Waals surface area contributed by atoms with Crippen molar-refractivity contribution in [2.45, 2.75) is 43.7 Å². The second-order valence-corrected chi connectivity index (χ2v) is 4.92. The molecule has 1 atom stereocenters. The van der Waals surface area contributed by atoms with Crippen LogP contribution in [-0.2, 0) is 14.1 Å². The lowest BCUT2D eigenvalue weighted by Gasteiger charge is -2.35. The minimum atomic E-state index is -6.04. The number of alkyl halides is 6. The van der Waals surface area contributed by atoms with Gasteiger partial charge in [-0.3, -0.25) is 0 Å². The predicted octanol–water partition coefficient (Wildman–Crippen LogP) is 3.69. The van der Waals surface area contributed by atoms with Crippen LogP contribution >= 0.6 is 12.0 Å². The smallest absolute Gasteiger partial charge is 0.311 e. The second-order valence-electron chi connectivity index (χ2n) is 4.05. The summed E-state index contributed by atoms with van der Waals surface area (Å²) in [5.74, 6) is 0. The van der Waals surface area contributed by atoms with Crippen LogP contribution in [0.2, 0.25) is 0 Å². The van der Waals surface area contributed by atoms with E-state index in [1.165, 1.54) is 0 Å². The summed E-state index contributed by atoms with van der Waals surface area (Å²) in [4.78, 5) is 0. The molecule has 0 amide bonds. The Morgan fingerprint density at radius 1 is 0.944 bits per heavy atom. The quantitative estimate of drug-likeness (QED) is 0.363. The maximum absolute atomic E-state index is 13.4. The van der Waals surface area contributed by atoms with Crippen LogP contribution in [-0.4, -0.2) is 28.1 Å². The average Bonchev–Trinajstić information content (AvgIpc) is 2.07. The minimum Gasteiger partial charge on any atom is -0.311 e. The maximum Gasteiger partial charge on any atom is 0.443 e. The Morgan fingerprint density at radius 3 is 1.67 bits per heavy atom. The fourth-order valence-electron chi connectivity index (χ4n) is 0.773. The van der Waals surface area contributed by atoms with Gasteiger partial charge in [0.1, 0.15) is 0 Å². The zero-order chi connectivity index (χ0) is 14.8. The van der Waals surface area contributed by atoms with E-state index in [-0.39, 0.29) is 0 Å². The van der Waals surface area contributed by atoms with Gasteiger partial charge in [-0.1, -0.05) is 5.04 Å². The van der Waals surface area contributed by atoms with E-state index in [1.807, 2.05) is 0 Å². The summed E-state index contributed by atoms with van der Waals surface area (Å²) in [7, 11) is 0. The first-order valence-electron chi connectivity index (χ1n) is 4.26. The van der Waals surface area contributed by atoms with Crippen LogP contribution in [0.4, 0.5) is 26.3 Å². The maximum atomic E-state index is 13.4. The molecule has 0 bridgehead atoms. The molecule has 0 spiro atoms. The molecule has 0 aliphatic rings. The molecule has 0 aliphatic heterocycles. The van der Waals surface area contributed by atoms with Crippen molar-refractivity contribution in [1.29, 1.82) is 0 Å². The van der Waals surface area contributed by atoms with Gasteiger partial charge in [-0.15, -0.1) is 4.33 Å². The third-order valence-corrected chi connectivity index (χ3v) is 2.18. The van der Waals surface area contributed by atoms with Gasteiger partial charge in [0.05, 0.1) is 17.6 Å². The van der Waals surface area contributed by atoms with Crippen LogP contribution in [0.5, 0.6) is 0 Å². The fraction of sp³-hybridized carbons (Fsp3) is 1.00. The Balaban J connectivity index is 5.30.